The van der Waals surface area contributed by atoms with E-state index in [1.807, 2.05) is 6.92 Å². The maximum atomic E-state index is 13.5. The standard InChI is InChI=1S/C12H15FO3/c1-8-6-9(4-3-5-12(14)15)10(13)7-11(8)16-2/h6-7H,3-5H2,1-2H3,(H,14,15). The number of carboxylic acids is 1. The molecule has 1 aromatic carbocycles. The van der Waals surface area contributed by atoms with Gasteiger partial charge in [0.25, 0.3) is 0 Å². The van der Waals surface area contributed by atoms with Gasteiger partial charge in [0.15, 0.2) is 0 Å². The van der Waals surface area contributed by atoms with Crippen LogP contribution < -0.4 is 4.74 Å². The number of carboxylic acid groups (broad SMARTS) is 1. The average molecular weight is 226 g/mol. The third-order valence-corrected chi connectivity index (χ3v) is 2.40. The quantitative estimate of drug-likeness (QED) is 0.839. The number of aryl methyl sites for hydroxylation is 2. The third kappa shape index (κ3) is 3.22. The van der Waals surface area contributed by atoms with Crippen molar-refractivity contribution in [1.29, 1.82) is 0 Å². The molecule has 0 heterocycles. The van der Waals surface area contributed by atoms with Crippen LogP contribution in [0.1, 0.15) is 24.0 Å². The second kappa shape index (κ2) is 5.49. The summed E-state index contributed by atoms with van der Waals surface area (Å²) in [6.45, 7) is 1.83. The number of benzene rings is 1. The Kier molecular flexibility index (Phi) is 4.28. The SMILES string of the molecule is COc1cc(F)c(CCCC(=O)O)cc1C. The first-order chi connectivity index (χ1) is 7.54. The zero-order valence-electron chi connectivity index (χ0n) is 9.42. The van der Waals surface area contributed by atoms with Crippen molar-refractivity contribution in [2.45, 2.75) is 26.2 Å². The lowest BCUT2D eigenvalue weighted by atomic mass is 10.0. The predicted molar refractivity (Wildman–Crippen MR) is 58.3 cm³/mol. The van der Waals surface area contributed by atoms with Crippen molar-refractivity contribution in [2.75, 3.05) is 7.11 Å². The highest BCUT2D eigenvalue weighted by atomic mass is 19.1. The summed E-state index contributed by atoms with van der Waals surface area (Å²) >= 11 is 0. The molecule has 0 aromatic heterocycles. The fraction of sp³-hybridized carbons (Fsp3) is 0.417. The van der Waals surface area contributed by atoms with Crippen molar-refractivity contribution in [3.8, 4) is 5.75 Å². The fourth-order valence-electron chi connectivity index (χ4n) is 1.56. The first-order valence-electron chi connectivity index (χ1n) is 5.09. The van der Waals surface area contributed by atoms with Crippen molar-refractivity contribution >= 4 is 5.97 Å². The molecule has 0 saturated heterocycles. The van der Waals surface area contributed by atoms with E-state index in [1.165, 1.54) is 13.2 Å². The highest BCUT2D eigenvalue weighted by molar-refractivity contribution is 5.66. The van der Waals surface area contributed by atoms with Crippen LogP contribution in [0.2, 0.25) is 0 Å². The van der Waals surface area contributed by atoms with Crippen molar-refractivity contribution < 1.29 is 19.0 Å². The maximum absolute atomic E-state index is 13.5. The molecular weight excluding hydrogens is 211 g/mol. The minimum absolute atomic E-state index is 0.0600. The van der Waals surface area contributed by atoms with Crippen LogP contribution in [0.15, 0.2) is 12.1 Å². The molecule has 1 N–H and O–H groups in total. The Morgan fingerprint density at radius 2 is 2.19 bits per heavy atom. The highest BCUT2D eigenvalue weighted by Gasteiger charge is 2.08. The molecule has 0 fully saturated rings. The minimum atomic E-state index is -0.856. The van der Waals surface area contributed by atoms with E-state index < -0.39 is 5.97 Å². The molecule has 88 valence electrons. The van der Waals surface area contributed by atoms with E-state index in [1.54, 1.807) is 6.07 Å². The molecule has 4 heteroatoms. The summed E-state index contributed by atoms with van der Waals surface area (Å²) in [5.41, 5.74) is 1.40. The lowest BCUT2D eigenvalue weighted by Gasteiger charge is -2.08. The summed E-state index contributed by atoms with van der Waals surface area (Å²) in [6.07, 6.45) is 0.936. The van der Waals surface area contributed by atoms with Crippen LogP contribution in [0.25, 0.3) is 0 Å². The molecule has 3 nitrogen and oxygen atoms in total. The molecule has 0 aliphatic carbocycles. The van der Waals surface area contributed by atoms with Crippen LogP contribution in [-0.4, -0.2) is 18.2 Å². The van der Waals surface area contributed by atoms with Gasteiger partial charge in [0.1, 0.15) is 11.6 Å². The summed E-state index contributed by atoms with van der Waals surface area (Å²) in [4.78, 5) is 10.3. The number of ether oxygens (including phenoxy) is 1. The van der Waals surface area contributed by atoms with Crippen molar-refractivity contribution in [3.63, 3.8) is 0 Å². The van der Waals surface area contributed by atoms with Gasteiger partial charge in [0, 0.05) is 12.5 Å². The maximum Gasteiger partial charge on any atom is 0.303 e. The van der Waals surface area contributed by atoms with Crippen LogP contribution in [0.5, 0.6) is 5.75 Å². The Morgan fingerprint density at radius 1 is 1.50 bits per heavy atom. The Hall–Kier alpha value is -1.58. The van der Waals surface area contributed by atoms with Crippen LogP contribution in [0.3, 0.4) is 0 Å². The molecule has 0 bridgehead atoms. The Bertz CT molecular complexity index is 388. The Labute approximate surface area is 93.9 Å². The summed E-state index contributed by atoms with van der Waals surface area (Å²) in [6, 6.07) is 3.04. The van der Waals surface area contributed by atoms with Gasteiger partial charge < -0.3 is 9.84 Å². The minimum Gasteiger partial charge on any atom is -0.496 e. The Morgan fingerprint density at radius 3 is 2.75 bits per heavy atom. The normalized spacial score (nSPS) is 10.2. The van der Waals surface area contributed by atoms with Crippen molar-refractivity contribution in [3.05, 3.63) is 29.1 Å². The third-order valence-electron chi connectivity index (χ3n) is 2.40. The van der Waals surface area contributed by atoms with Crippen molar-refractivity contribution in [2.24, 2.45) is 0 Å². The molecule has 0 saturated carbocycles. The average Bonchev–Trinajstić information content (AvgIpc) is 2.22. The van der Waals surface area contributed by atoms with Gasteiger partial charge in [-0.25, -0.2) is 4.39 Å². The van der Waals surface area contributed by atoms with E-state index in [0.717, 1.165) is 5.56 Å². The zero-order chi connectivity index (χ0) is 12.1. The summed E-state index contributed by atoms with van der Waals surface area (Å²) < 4.78 is 18.5. The molecule has 0 amide bonds. The van der Waals surface area contributed by atoms with E-state index in [9.17, 15) is 9.18 Å². The number of halogens is 1. The summed E-state index contributed by atoms with van der Waals surface area (Å²) in [7, 11) is 1.49. The largest absolute Gasteiger partial charge is 0.496 e. The molecule has 0 unspecified atom stereocenters. The second-order valence-corrected chi connectivity index (χ2v) is 3.66. The van der Waals surface area contributed by atoms with Gasteiger partial charge in [0.05, 0.1) is 7.11 Å². The molecule has 1 rings (SSSR count). The zero-order valence-corrected chi connectivity index (χ0v) is 9.42. The van der Waals surface area contributed by atoms with Gasteiger partial charge in [0.2, 0.25) is 0 Å². The number of aliphatic carboxylic acids is 1. The van der Waals surface area contributed by atoms with E-state index in [4.69, 9.17) is 9.84 Å². The lowest BCUT2D eigenvalue weighted by molar-refractivity contribution is -0.137. The van der Waals surface area contributed by atoms with Crippen LogP contribution >= 0.6 is 0 Å². The van der Waals surface area contributed by atoms with Gasteiger partial charge in [-0.2, -0.15) is 0 Å². The molecule has 1 aromatic rings. The number of hydrogen-bond acceptors (Lipinski definition) is 2. The number of carbonyl (C=O) groups is 1. The van der Waals surface area contributed by atoms with Crippen LogP contribution in [0.4, 0.5) is 4.39 Å². The van der Waals surface area contributed by atoms with Gasteiger partial charge in [-0.15, -0.1) is 0 Å². The highest BCUT2D eigenvalue weighted by Crippen LogP contribution is 2.22. The molecule has 0 aliphatic rings. The Balaban J connectivity index is 2.73. The molecule has 0 aliphatic heterocycles. The van der Waals surface area contributed by atoms with Gasteiger partial charge >= 0.3 is 5.97 Å². The smallest absolute Gasteiger partial charge is 0.303 e. The van der Waals surface area contributed by atoms with Crippen LogP contribution in [0, 0.1) is 12.7 Å². The van der Waals surface area contributed by atoms with E-state index in [0.29, 0.717) is 24.2 Å². The first-order valence-corrected chi connectivity index (χ1v) is 5.09. The second-order valence-electron chi connectivity index (χ2n) is 3.66. The van der Waals surface area contributed by atoms with E-state index in [2.05, 4.69) is 0 Å². The summed E-state index contributed by atoms with van der Waals surface area (Å²) in [5, 5.41) is 8.48. The van der Waals surface area contributed by atoms with Gasteiger partial charge in [-0.05, 0) is 37.0 Å². The first kappa shape index (κ1) is 12.5. The summed E-state index contributed by atoms with van der Waals surface area (Å²) in [5.74, 6) is -0.682. The number of hydrogen-bond donors (Lipinski definition) is 1. The lowest BCUT2D eigenvalue weighted by Crippen LogP contribution is -1.99. The van der Waals surface area contributed by atoms with Gasteiger partial charge in [-0.1, -0.05) is 0 Å². The topological polar surface area (TPSA) is 46.5 Å². The fourth-order valence-corrected chi connectivity index (χ4v) is 1.56. The van der Waals surface area contributed by atoms with Crippen LogP contribution in [-0.2, 0) is 11.2 Å². The monoisotopic (exact) mass is 226 g/mol. The van der Waals surface area contributed by atoms with Crippen molar-refractivity contribution in [1.82, 2.24) is 0 Å². The predicted octanol–water partition coefficient (Wildman–Crippen LogP) is 2.55. The molecular formula is C12H15FO3. The number of methoxy groups -OCH3 is 1. The molecule has 16 heavy (non-hydrogen) atoms. The number of rotatable bonds is 5. The van der Waals surface area contributed by atoms with E-state index >= 15 is 0 Å². The van der Waals surface area contributed by atoms with Gasteiger partial charge in [-0.3, -0.25) is 4.79 Å². The molecule has 0 atom stereocenters. The van der Waals surface area contributed by atoms with E-state index in [-0.39, 0.29) is 12.2 Å². The molecule has 0 spiro atoms. The molecule has 0 radical (unpaired) electrons.